The molecule has 0 aromatic rings. The molecule has 2 atom stereocenters. The molecule has 1 saturated heterocycles. The maximum absolute atomic E-state index is 3.38. The first-order valence-corrected chi connectivity index (χ1v) is 7.18. The molecule has 2 unspecified atom stereocenters. The van der Waals surface area contributed by atoms with Crippen LogP contribution in [0.2, 0.25) is 0 Å². The number of likely N-dealkylation sites (tertiary alicyclic amines) is 1. The predicted octanol–water partition coefficient (Wildman–Crippen LogP) is 2.89. The summed E-state index contributed by atoms with van der Waals surface area (Å²) in [6.45, 7) is 11.9. The first kappa shape index (κ1) is 14.0. The van der Waals surface area contributed by atoms with Crippen molar-refractivity contribution >= 4 is 0 Å². The van der Waals surface area contributed by atoms with Crippen molar-refractivity contribution in [3.8, 4) is 0 Å². The zero-order chi connectivity index (χ0) is 11.8. The van der Waals surface area contributed by atoms with Crippen LogP contribution in [-0.4, -0.2) is 37.1 Å². The van der Waals surface area contributed by atoms with Crippen LogP contribution in [0.4, 0.5) is 0 Å². The highest BCUT2D eigenvalue weighted by Crippen LogP contribution is 2.22. The van der Waals surface area contributed by atoms with Gasteiger partial charge >= 0.3 is 0 Å². The van der Waals surface area contributed by atoms with E-state index in [-0.39, 0.29) is 0 Å². The first-order valence-electron chi connectivity index (χ1n) is 7.18. The summed E-state index contributed by atoms with van der Waals surface area (Å²) < 4.78 is 0. The molecule has 1 rings (SSSR count). The van der Waals surface area contributed by atoms with Gasteiger partial charge in [-0.05, 0) is 51.7 Å². The van der Waals surface area contributed by atoms with Crippen LogP contribution in [-0.2, 0) is 0 Å². The van der Waals surface area contributed by atoms with Crippen LogP contribution < -0.4 is 5.32 Å². The zero-order valence-corrected chi connectivity index (χ0v) is 11.5. The molecule has 1 aliphatic rings. The van der Waals surface area contributed by atoms with Crippen molar-refractivity contribution in [3.63, 3.8) is 0 Å². The predicted molar refractivity (Wildman–Crippen MR) is 71.8 cm³/mol. The largest absolute Gasteiger partial charge is 0.317 e. The summed E-state index contributed by atoms with van der Waals surface area (Å²) in [6, 6.07) is 0.830. The molecule has 0 radical (unpaired) electrons. The van der Waals surface area contributed by atoms with E-state index >= 15 is 0 Å². The normalized spacial score (nSPS) is 26.4. The van der Waals surface area contributed by atoms with E-state index in [2.05, 4.69) is 31.0 Å². The minimum atomic E-state index is 0.830. The van der Waals surface area contributed by atoms with E-state index in [1.54, 1.807) is 0 Å². The van der Waals surface area contributed by atoms with Gasteiger partial charge < -0.3 is 10.2 Å². The Kier molecular flexibility index (Phi) is 7.06. The second kappa shape index (κ2) is 8.08. The Labute approximate surface area is 102 Å². The lowest BCUT2D eigenvalue weighted by molar-refractivity contribution is 0.258. The molecule has 16 heavy (non-hydrogen) atoms. The van der Waals surface area contributed by atoms with E-state index in [1.807, 2.05) is 0 Å². The summed E-state index contributed by atoms with van der Waals surface area (Å²) in [7, 11) is 0. The second-order valence-electron chi connectivity index (χ2n) is 5.45. The molecule has 1 heterocycles. The molecule has 96 valence electrons. The maximum atomic E-state index is 3.38. The minimum absolute atomic E-state index is 0.830. The Balaban J connectivity index is 1.91. The summed E-state index contributed by atoms with van der Waals surface area (Å²) >= 11 is 0. The molecular weight excluding hydrogens is 196 g/mol. The third-order valence-electron chi connectivity index (χ3n) is 3.71. The molecule has 2 heteroatoms. The highest BCUT2D eigenvalue weighted by molar-refractivity contribution is 4.79. The van der Waals surface area contributed by atoms with Crippen LogP contribution in [0.5, 0.6) is 0 Å². The van der Waals surface area contributed by atoms with Gasteiger partial charge in [-0.25, -0.2) is 0 Å². The van der Waals surface area contributed by atoms with Crippen molar-refractivity contribution in [3.05, 3.63) is 0 Å². The van der Waals surface area contributed by atoms with Gasteiger partial charge in [0.05, 0.1) is 0 Å². The van der Waals surface area contributed by atoms with Gasteiger partial charge in [-0.1, -0.05) is 26.7 Å². The highest BCUT2D eigenvalue weighted by Gasteiger charge is 2.24. The Morgan fingerprint density at radius 2 is 1.88 bits per heavy atom. The monoisotopic (exact) mass is 226 g/mol. The SMILES string of the molecule is CCNCCCCCCN1CC(C)CC1C. The Bertz CT molecular complexity index is 170. The van der Waals surface area contributed by atoms with E-state index in [0.29, 0.717) is 0 Å². The molecule has 1 fully saturated rings. The number of hydrogen-bond acceptors (Lipinski definition) is 2. The average molecular weight is 226 g/mol. The lowest BCUT2D eigenvalue weighted by Gasteiger charge is -2.20. The molecule has 0 aromatic carbocycles. The summed E-state index contributed by atoms with van der Waals surface area (Å²) in [5.41, 5.74) is 0. The molecule has 2 nitrogen and oxygen atoms in total. The fourth-order valence-corrected chi connectivity index (χ4v) is 2.79. The number of nitrogens with one attached hydrogen (secondary N) is 1. The van der Waals surface area contributed by atoms with E-state index in [0.717, 1.165) is 18.5 Å². The fourth-order valence-electron chi connectivity index (χ4n) is 2.79. The van der Waals surface area contributed by atoms with E-state index in [9.17, 15) is 0 Å². The average Bonchev–Trinajstić information content (AvgIpc) is 2.56. The fraction of sp³-hybridized carbons (Fsp3) is 1.00. The van der Waals surface area contributed by atoms with Crippen molar-refractivity contribution in [2.75, 3.05) is 26.2 Å². The van der Waals surface area contributed by atoms with Gasteiger partial charge in [-0.2, -0.15) is 0 Å². The zero-order valence-electron chi connectivity index (χ0n) is 11.5. The van der Waals surface area contributed by atoms with Gasteiger partial charge in [0.1, 0.15) is 0 Å². The Morgan fingerprint density at radius 3 is 2.50 bits per heavy atom. The van der Waals surface area contributed by atoms with Crippen molar-refractivity contribution in [2.45, 2.75) is 58.9 Å². The molecule has 1 N–H and O–H groups in total. The lowest BCUT2D eigenvalue weighted by atomic mass is 10.1. The van der Waals surface area contributed by atoms with E-state index in [4.69, 9.17) is 0 Å². The molecule has 0 aromatic heterocycles. The topological polar surface area (TPSA) is 15.3 Å². The number of nitrogens with zero attached hydrogens (tertiary/aromatic N) is 1. The summed E-state index contributed by atoms with van der Waals surface area (Å²) in [5.74, 6) is 0.920. The molecular formula is C14H30N2. The van der Waals surface area contributed by atoms with Crippen LogP contribution in [0.1, 0.15) is 52.9 Å². The smallest absolute Gasteiger partial charge is 0.00700 e. The third kappa shape index (κ3) is 5.31. The summed E-state index contributed by atoms with van der Waals surface area (Å²) in [4.78, 5) is 2.68. The minimum Gasteiger partial charge on any atom is -0.317 e. The Hall–Kier alpha value is -0.0800. The maximum Gasteiger partial charge on any atom is 0.00700 e. The molecule has 0 amide bonds. The second-order valence-corrected chi connectivity index (χ2v) is 5.45. The quantitative estimate of drug-likeness (QED) is 0.640. The van der Waals surface area contributed by atoms with Crippen LogP contribution in [0, 0.1) is 5.92 Å². The number of rotatable bonds is 8. The summed E-state index contributed by atoms with van der Waals surface area (Å²) in [6.07, 6.45) is 6.94. The molecule has 1 aliphatic heterocycles. The standard InChI is InChI=1S/C14H30N2/c1-4-15-9-7-5-6-8-10-16-12-13(2)11-14(16)3/h13-15H,4-12H2,1-3H3. The highest BCUT2D eigenvalue weighted by atomic mass is 15.2. The molecule has 0 spiro atoms. The van der Waals surface area contributed by atoms with E-state index in [1.165, 1.54) is 51.7 Å². The lowest BCUT2D eigenvalue weighted by Crippen LogP contribution is -2.28. The van der Waals surface area contributed by atoms with E-state index < -0.39 is 0 Å². The van der Waals surface area contributed by atoms with Crippen LogP contribution in [0.25, 0.3) is 0 Å². The molecule has 0 bridgehead atoms. The van der Waals surface area contributed by atoms with Gasteiger partial charge in [-0.15, -0.1) is 0 Å². The van der Waals surface area contributed by atoms with Crippen LogP contribution in [0.3, 0.4) is 0 Å². The number of unbranched alkanes of at least 4 members (excludes halogenated alkanes) is 3. The van der Waals surface area contributed by atoms with Gasteiger partial charge in [-0.3, -0.25) is 0 Å². The van der Waals surface area contributed by atoms with Crippen molar-refractivity contribution in [2.24, 2.45) is 5.92 Å². The molecule has 0 aliphatic carbocycles. The van der Waals surface area contributed by atoms with Crippen LogP contribution >= 0.6 is 0 Å². The van der Waals surface area contributed by atoms with Crippen molar-refractivity contribution in [1.82, 2.24) is 10.2 Å². The first-order chi connectivity index (χ1) is 7.74. The van der Waals surface area contributed by atoms with Crippen molar-refractivity contribution < 1.29 is 0 Å². The number of hydrogen-bond donors (Lipinski definition) is 1. The van der Waals surface area contributed by atoms with Gasteiger partial charge in [0, 0.05) is 12.6 Å². The van der Waals surface area contributed by atoms with Crippen molar-refractivity contribution in [1.29, 1.82) is 0 Å². The van der Waals surface area contributed by atoms with Gasteiger partial charge in [0.15, 0.2) is 0 Å². The molecule has 0 saturated carbocycles. The summed E-state index contributed by atoms with van der Waals surface area (Å²) in [5, 5.41) is 3.38. The van der Waals surface area contributed by atoms with Gasteiger partial charge in [0.25, 0.3) is 0 Å². The van der Waals surface area contributed by atoms with Gasteiger partial charge in [0.2, 0.25) is 0 Å². The van der Waals surface area contributed by atoms with Crippen LogP contribution in [0.15, 0.2) is 0 Å². The third-order valence-corrected chi connectivity index (χ3v) is 3.71. The Morgan fingerprint density at radius 1 is 1.12 bits per heavy atom.